The molecule has 0 saturated heterocycles. The highest BCUT2D eigenvalue weighted by Gasteiger charge is 2.37. The molecule has 7 nitrogen and oxygen atoms in total. The van der Waals surface area contributed by atoms with Gasteiger partial charge in [-0.1, -0.05) is 18.2 Å². The molecular weight excluding hydrogens is 626 g/mol. The van der Waals surface area contributed by atoms with E-state index in [2.05, 4.69) is 15.6 Å². The van der Waals surface area contributed by atoms with Gasteiger partial charge in [0.05, 0.1) is 36.6 Å². The van der Waals surface area contributed by atoms with E-state index in [9.17, 15) is 31.1 Å². The Balaban J connectivity index is 1.37. The maximum Gasteiger partial charge on any atom is 0.416 e. The van der Waals surface area contributed by atoms with Crippen molar-refractivity contribution in [3.05, 3.63) is 94.2 Å². The maximum absolute atomic E-state index is 13.9. The minimum Gasteiger partial charge on any atom is -0.493 e. The zero-order valence-corrected chi connectivity index (χ0v) is 26.0. The third kappa shape index (κ3) is 7.73. The van der Waals surface area contributed by atoms with Crippen LogP contribution in [0, 0.1) is 6.92 Å². The van der Waals surface area contributed by atoms with E-state index in [4.69, 9.17) is 9.47 Å². The van der Waals surface area contributed by atoms with Gasteiger partial charge in [0.1, 0.15) is 0 Å². The van der Waals surface area contributed by atoms with Crippen molar-refractivity contribution < 1.29 is 40.6 Å². The summed E-state index contributed by atoms with van der Waals surface area (Å²) in [6.07, 6.45) is -9.22. The minimum atomic E-state index is -4.82. The second-order valence-corrected chi connectivity index (χ2v) is 11.3. The summed E-state index contributed by atoms with van der Waals surface area (Å²) < 4.78 is 93.0. The quantitative estimate of drug-likeness (QED) is 0.178. The summed E-state index contributed by atoms with van der Waals surface area (Å²) in [5, 5.41) is 6.49. The number of pyridine rings is 1. The SMILES string of the molecule is COc1cc2c(cc1OC)C(CCc1cc(C(F)(F)F)ccc1C(F)(F)F)N(CCNC(=O)Nc1cc(C)nc3ccccc13)CC2. The summed E-state index contributed by atoms with van der Waals surface area (Å²) >= 11 is 0. The lowest BCUT2D eigenvalue weighted by Crippen LogP contribution is -2.42. The number of aryl methyl sites for hydroxylation is 2. The van der Waals surface area contributed by atoms with Crippen LogP contribution in [0.1, 0.15) is 46.0 Å². The van der Waals surface area contributed by atoms with Gasteiger partial charge in [-0.3, -0.25) is 9.88 Å². The van der Waals surface area contributed by atoms with Crippen molar-refractivity contribution in [3.63, 3.8) is 0 Å². The summed E-state index contributed by atoms with van der Waals surface area (Å²) in [5.74, 6) is 0.915. The number of aromatic nitrogens is 1. The number of carbonyl (C=O) groups is 1. The lowest BCUT2D eigenvalue weighted by molar-refractivity contribution is -0.141. The first-order valence-electron chi connectivity index (χ1n) is 15.0. The summed E-state index contributed by atoms with van der Waals surface area (Å²) in [5.41, 5.74) is 1.06. The fourth-order valence-corrected chi connectivity index (χ4v) is 6.12. The van der Waals surface area contributed by atoms with E-state index in [-0.39, 0.29) is 19.4 Å². The molecule has 3 aromatic carbocycles. The topological polar surface area (TPSA) is 75.7 Å². The average Bonchev–Trinajstić information content (AvgIpc) is 3.02. The maximum atomic E-state index is 13.9. The van der Waals surface area contributed by atoms with E-state index < -0.39 is 41.1 Å². The van der Waals surface area contributed by atoms with Crippen LogP contribution in [0.15, 0.2) is 60.7 Å². The molecule has 13 heteroatoms. The van der Waals surface area contributed by atoms with Crippen molar-refractivity contribution in [2.75, 3.05) is 39.2 Å². The molecule has 4 aromatic rings. The predicted octanol–water partition coefficient (Wildman–Crippen LogP) is 7.95. The zero-order valence-electron chi connectivity index (χ0n) is 26.0. The number of para-hydroxylation sites is 1. The van der Waals surface area contributed by atoms with Gasteiger partial charge in [-0.15, -0.1) is 0 Å². The van der Waals surface area contributed by atoms with Crippen LogP contribution >= 0.6 is 0 Å². The van der Waals surface area contributed by atoms with Crippen molar-refractivity contribution >= 4 is 22.6 Å². The van der Waals surface area contributed by atoms with Gasteiger partial charge >= 0.3 is 18.4 Å². The van der Waals surface area contributed by atoms with Gasteiger partial charge in [0.15, 0.2) is 11.5 Å². The van der Waals surface area contributed by atoms with Crippen LogP contribution in [0.5, 0.6) is 11.5 Å². The van der Waals surface area contributed by atoms with E-state index in [1.807, 2.05) is 42.2 Å². The second kappa shape index (κ2) is 13.7. The molecule has 1 aromatic heterocycles. The number of carbonyl (C=O) groups excluding carboxylic acids is 1. The average molecular weight is 661 g/mol. The number of alkyl halides is 6. The first-order chi connectivity index (χ1) is 22.3. The van der Waals surface area contributed by atoms with Crippen molar-refractivity contribution in [2.45, 2.75) is 44.6 Å². The molecule has 0 saturated carbocycles. The van der Waals surface area contributed by atoms with Crippen molar-refractivity contribution in [3.8, 4) is 11.5 Å². The van der Waals surface area contributed by atoms with Crippen molar-refractivity contribution in [2.24, 2.45) is 0 Å². The van der Waals surface area contributed by atoms with Crippen molar-refractivity contribution in [1.29, 1.82) is 0 Å². The largest absolute Gasteiger partial charge is 0.493 e. The number of amides is 2. The first-order valence-corrected chi connectivity index (χ1v) is 15.0. The molecule has 1 atom stereocenters. The van der Waals surface area contributed by atoms with Crippen LogP contribution in [0.3, 0.4) is 0 Å². The number of hydrogen-bond acceptors (Lipinski definition) is 5. The van der Waals surface area contributed by atoms with Crippen molar-refractivity contribution in [1.82, 2.24) is 15.2 Å². The zero-order chi connectivity index (χ0) is 33.9. The highest BCUT2D eigenvalue weighted by Crippen LogP contribution is 2.42. The van der Waals surface area contributed by atoms with E-state index >= 15 is 0 Å². The van der Waals surface area contributed by atoms with E-state index in [1.54, 1.807) is 12.1 Å². The Labute approximate surface area is 267 Å². The smallest absolute Gasteiger partial charge is 0.416 e. The number of methoxy groups -OCH3 is 2. The summed E-state index contributed by atoms with van der Waals surface area (Å²) in [6, 6.07) is 13.4. The molecule has 47 heavy (non-hydrogen) atoms. The Morgan fingerprint density at radius 2 is 1.68 bits per heavy atom. The summed E-state index contributed by atoms with van der Waals surface area (Å²) in [7, 11) is 2.96. The van der Waals surface area contributed by atoms with E-state index in [0.29, 0.717) is 54.9 Å². The van der Waals surface area contributed by atoms with E-state index in [0.717, 1.165) is 27.7 Å². The number of ether oxygens (including phenoxy) is 2. The highest BCUT2D eigenvalue weighted by atomic mass is 19.4. The molecule has 1 aliphatic heterocycles. The van der Waals surface area contributed by atoms with Gasteiger partial charge in [0.2, 0.25) is 0 Å². The Kier molecular flexibility index (Phi) is 9.85. The van der Waals surface area contributed by atoms with Gasteiger partial charge in [0, 0.05) is 36.8 Å². The van der Waals surface area contributed by atoms with Crippen LogP contribution in [-0.4, -0.2) is 49.8 Å². The fourth-order valence-electron chi connectivity index (χ4n) is 6.12. The lowest BCUT2D eigenvalue weighted by Gasteiger charge is -2.38. The number of fused-ring (bicyclic) bond motifs is 2. The number of nitrogens with zero attached hydrogens (tertiary/aromatic N) is 2. The molecule has 0 aliphatic carbocycles. The number of rotatable bonds is 9. The first kappa shape index (κ1) is 33.8. The highest BCUT2D eigenvalue weighted by molar-refractivity contribution is 6.00. The van der Waals surface area contributed by atoms with Crippen LogP contribution in [0.4, 0.5) is 36.8 Å². The Hall–Kier alpha value is -4.52. The molecule has 250 valence electrons. The van der Waals surface area contributed by atoms with Crippen LogP contribution < -0.4 is 20.1 Å². The number of benzene rings is 3. The molecular formula is C34H34F6N4O3. The molecule has 0 spiro atoms. The number of anilines is 1. The molecule has 2 amide bonds. The molecule has 0 bridgehead atoms. The molecule has 5 rings (SSSR count). The van der Waals surface area contributed by atoms with Gasteiger partial charge < -0.3 is 20.1 Å². The molecule has 2 N–H and O–H groups in total. The van der Waals surface area contributed by atoms with Gasteiger partial charge in [-0.2, -0.15) is 26.3 Å². The number of urea groups is 1. The third-order valence-electron chi connectivity index (χ3n) is 8.32. The predicted molar refractivity (Wildman–Crippen MR) is 166 cm³/mol. The molecule has 0 radical (unpaired) electrons. The minimum absolute atomic E-state index is 0.0847. The monoisotopic (exact) mass is 660 g/mol. The van der Waals surface area contributed by atoms with Gasteiger partial charge in [-0.05, 0) is 85.3 Å². The third-order valence-corrected chi connectivity index (χ3v) is 8.32. The standard InChI is InChI=1S/C34H34F6N4O3/c1-20-16-28(24-6-4-5-7-27(24)42-20)43-32(45)41-13-15-44-14-12-21-18-30(46-2)31(47-3)19-25(21)29(44)11-8-22-17-23(33(35,36)37)9-10-26(22)34(38,39)40/h4-7,9-10,16-19,29H,8,11-15H2,1-3H3,(H2,41,42,43,45). The Morgan fingerprint density at radius 3 is 2.38 bits per heavy atom. The Bertz CT molecular complexity index is 1760. The number of halogens is 6. The van der Waals surface area contributed by atoms with Gasteiger partial charge in [-0.25, -0.2) is 4.79 Å². The van der Waals surface area contributed by atoms with Crippen LogP contribution in [0.25, 0.3) is 10.9 Å². The van der Waals surface area contributed by atoms with E-state index in [1.165, 1.54) is 14.2 Å². The molecule has 1 aliphatic rings. The lowest BCUT2D eigenvalue weighted by atomic mass is 9.87. The number of nitrogens with one attached hydrogen (secondary N) is 2. The van der Waals surface area contributed by atoms with Gasteiger partial charge in [0.25, 0.3) is 0 Å². The Morgan fingerprint density at radius 1 is 0.957 bits per heavy atom. The normalized spacial score (nSPS) is 15.3. The fraction of sp³-hybridized carbons (Fsp3) is 0.353. The summed E-state index contributed by atoms with van der Waals surface area (Å²) in [6.45, 7) is 2.85. The molecule has 0 fully saturated rings. The van der Waals surface area contributed by atoms with Crippen LogP contribution in [-0.2, 0) is 25.2 Å². The number of hydrogen-bond donors (Lipinski definition) is 2. The molecule has 2 heterocycles. The molecule has 1 unspecified atom stereocenters. The van der Waals surface area contributed by atoms with Crippen LogP contribution in [0.2, 0.25) is 0 Å². The second-order valence-electron chi connectivity index (χ2n) is 11.3. The summed E-state index contributed by atoms with van der Waals surface area (Å²) in [4.78, 5) is 19.4.